The first kappa shape index (κ1) is 22.6. The lowest BCUT2D eigenvalue weighted by molar-refractivity contribution is 0.193. The average Bonchev–Trinajstić information content (AvgIpc) is 3.29. The van der Waals surface area contributed by atoms with E-state index in [1.54, 1.807) is 20.5 Å². The Hall–Kier alpha value is -2.67. The largest absolute Gasteiger partial charge is 0.493 e. The maximum absolute atomic E-state index is 5.68. The summed E-state index contributed by atoms with van der Waals surface area (Å²) in [5.41, 5.74) is 1.05. The van der Waals surface area contributed by atoms with E-state index in [0.29, 0.717) is 24.6 Å². The van der Waals surface area contributed by atoms with Gasteiger partial charge in [0.1, 0.15) is 5.76 Å². The minimum atomic E-state index is 0.143. The van der Waals surface area contributed by atoms with Gasteiger partial charge in [0.15, 0.2) is 17.5 Å². The highest BCUT2D eigenvalue weighted by Gasteiger charge is 2.20. The van der Waals surface area contributed by atoms with E-state index >= 15 is 0 Å². The zero-order valence-electron chi connectivity index (χ0n) is 18.2. The molecule has 0 bridgehead atoms. The molecular weight excluding hydrogens is 368 g/mol. The van der Waals surface area contributed by atoms with Gasteiger partial charge in [-0.25, -0.2) is 4.99 Å². The van der Waals surface area contributed by atoms with Gasteiger partial charge in [0.2, 0.25) is 0 Å². The van der Waals surface area contributed by atoms with Crippen LogP contribution in [0.25, 0.3) is 0 Å². The third-order valence-electron chi connectivity index (χ3n) is 4.80. The highest BCUT2D eigenvalue weighted by molar-refractivity contribution is 5.79. The average molecular weight is 403 g/mol. The van der Waals surface area contributed by atoms with Crippen LogP contribution in [0.4, 0.5) is 0 Å². The molecule has 1 atom stereocenters. The van der Waals surface area contributed by atoms with Gasteiger partial charge in [0, 0.05) is 13.1 Å². The second kappa shape index (κ2) is 12.0. The molecule has 0 amide bonds. The fourth-order valence-corrected chi connectivity index (χ4v) is 3.24. The SMILES string of the molecule is CCNC(=NCc1ccc(OC)c(OC)c1)NCC(c1ccco1)N(CC)CC. The van der Waals surface area contributed by atoms with Crippen molar-refractivity contribution in [3.63, 3.8) is 0 Å². The van der Waals surface area contributed by atoms with E-state index < -0.39 is 0 Å². The van der Waals surface area contributed by atoms with Crippen LogP contribution in [0.1, 0.15) is 38.1 Å². The minimum Gasteiger partial charge on any atom is -0.493 e. The molecular formula is C22H34N4O3. The van der Waals surface area contributed by atoms with Crippen molar-refractivity contribution in [2.75, 3.05) is 40.4 Å². The number of methoxy groups -OCH3 is 2. The molecule has 0 saturated carbocycles. The maximum Gasteiger partial charge on any atom is 0.191 e. The summed E-state index contributed by atoms with van der Waals surface area (Å²) in [6.07, 6.45) is 1.72. The summed E-state index contributed by atoms with van der Waals surface area (Å²) < 4.78 is 16.4. The standard InChI is InChI=1S/C22H34N4O3/c1-6-23-22(24-15-17-11-12-20(27-4)21(14-17)28-5)25-16-18(26(7-2)8-3)19-10-9-13-29-19/h9-14,18H,6-8,15-16H2,1-5H3,(H2,23,24,25). The molecule has 0 aliphatic carbocycles. The lowest BCUT2D eigenvalue weighted by Crippen LogP contribution is -2.43. The number of likely N-dealkylation sites (N-methyl/N-ethyl adjacent to an activating group) is 1. The van der Waals surface area contributed by atoms with Gasteiger partial charge in [-0.3, -0.25) is 4.90 Å². The van der Waals surface area contributed by atoms with Gasteiger partial charge in [-0.2, -0.15) is 0 Å². The van der Waals surface area contributed by atoms with Crippen molar-refractivity contribution in [3.05, 3.63) is 47.9 Å². The molecule has 29 heavy (non-hydrogen) atoms. The van der Waals surface area contributed by atoms with Crippen LogP contribution in [-0.2, 0) is 6.54 Å². The summed E-state index contributed by atoms with van der Waals surface area (Å²) in [4.78, 5) is 7.09. The first-order valence-corrected chi connectivity index (χ1v) is 10.2. The summed E-state index contributed by atoms with van der Waals surface area (Å²) in [5.74, 6) is 3.14. The Labute approximate surface area is 174 Å². The van der Waals surface area contributed by atoms with Gasteiger partial charge in [0.25, 0.3) is 0 Å². The predicted octanol–water partition coefficient (Wildman–Crippen LogP) is 3.44. The van der Waals surface area contributed by atoms with Crippen LogP contribution in [-0.4, -0.2) is 51.3 Å². The topological polar surface area (TPSA) is 71.3 Å². The van der Waals surface area contributed by atoms with Crippen molar-refractivity contribution in [2.24, 2.45) is 4.99 Å². The zero-order valence-corrected chi connectivity index (χ0v) is 18.2. The number of nitrogens with one attached hydrogen (secondary N) is 2. The lowest BCUT2D eigenvalue weighted by atomic mass is 10.2. The molecule has 1 heterocycles. The lowest BCUT2D eigenvalue weighted by Gasteiger charge is -2.28. The van der Waals surface area contributed by atoms with Crippen LogP contribution in [0, 0.1) is 0 Å². The summed E-state index contributed by atoms with van der Waals surface area (Å²) >= 11 is 0. The second-order valence-electron chi connectivity index (χ2n) is 6.52. The maximum atomic E-state index is 5.68. The van der Waals surface area contributed by atoms with Crippen LogP contribution >= 0.6 is 0 Å². The number of nitrogens with zero attached hydrogens (tertiary/aromatic N) is 2. The molecule has 0 aliphatic rings. The molecule has 1 aromatic carbocycles. The number of rotatable bonds is 11. The Kier molecular flexibility index (Phi) is 9.37. The molecule has 1 unspecified atom stereocenters. The Balaban J connectivity index is 2.10. The van der Waals surface area contributed by atoms with E-state index in [1.807, 2.05) is 30.3 Å². The molecule has 0 aliphatic heterocycles. The molecule has 1 aromatic heterocycles. The van der Waals surface area contributed by atoms with Crippen molar-refractivity contribution >= 4 is 5.96 Å². The monoisotopic (exact) mass is 402 g/mol. The number of hydrogen-bond acceptors (Lipinski definition) is 5. The number of hydrogen-bond donors (Lipinski definition) is 2. The molecule has 7 heteroatoms. The van der Waals surface area contributed by atoms with Gasteiger partial charge in [0.05, 0.1) is 33.1 Å². The van der Waals surface area contributed by atoms with E-state index in [0.717, 1.165) is 36.9 Å². The summed E-state index contributed by atoms with van der Waals surface area (Å²) in [5, 5.41) is 6.77. The molecule has 0 fully saturated rings. The summed E-state index contributed by atoms with van der Waals surface area (Å²) in [6, 6.07) is 9.95. The van der Waals surface area contributed by atoms with Gasteiger partial charge in [-0.1, -0.05) is 19.9 Å². The molecule has 160 valence electrons. The minimum absolute atomic E-state index is 0.143. The predicted molar refractivity (Wildman–Crippen MR) is 117 cm³/mol. The normalized spacial score (nSPS) is 12.7. The van der Waals surface area contributed by atoms with Crippen LogP contribution in [0.15, 0.2) is 46.0 Å². The Morgan fingerprint density at radius 3 is 2.41 bits per heavy atom. The summed E-state index contributed by atoms with van der Waals surface area (Å²) in [6.45, 7) is 10.3. The zero-order chi connectivity index (χ0) is 21.1. The third kappa shape index (κ3) is 6.42. The number of benzene rings is 1. The van der Waals surface area contributed by atoms with Gasteiger partial charge in [-0.15, -0.1) is 0 Å². The molecule has 2 aromatic rings. The third-order valence-corrected chi connectivity index (χ3v) is 4.80. The highest BCUT2D eigenvalue weighted by Crippen LogP contribution is 2.27. The van der Waals surface area contributed by atoms with E-state index in [9.17, 15) is 0 Å². The van der Waals surface area contributed by atoms with E-state index in [1.165, 1.54) is 0 Å². The summed E-state index contributed by atoms with van der Waals surface area (Å²) in [7, 11) is 3.27. The Morgan fingerprint density at radius 2 is 1.83 bits per heavy atom. The first-order valence-electron chi connectivity index (χ1n) is 10.2. The molecule has 0 spiro atoms. The number of guanidine groups is 1. The van der Waals surface area contributed by atoms with Gasteiger partial charge < -0.3 is 24.5 Å². The van der Waals surface area contributed by atoms with Crippen molar-refractivity contribution < 1.29 is 13.9 Å². The van der Waals surface area contributed by atoms with Crippen molar-refractivity contribution in [1.82, 2.24) is 15.5 Å². The fourth-order valence-electron chi connectivity index (χ4n) is 3.24. The second-order valence-corrected chi connectivity index (χ2v) is 6.52. The number of aliphatic imine (C=N–C) groups is 1. The smallest absolute Gasteiger partial charge is 0.191 e. The van der Waals surface area contributed by atoms with Crippen molar-refractivity contribution in [2.45, 2.75) is 33.4 Å². The first-order chi connectivity index (χ1) is 14.2. The fraction of sp³-hybridized carbons (Fsp3) is 0.500. The van der Waals surface area contributed by atoms with Crippen LogP contribution in [0.3, 0.4) is 0 Å². The van der Waals surface area contributed by atoms with Crippen LogP contribution < -0.4 is 20.1 Å². The molecule has 2 N–H and O–H groups in total. The highest BCUT2D eigenvalue weighted by atomic mass is 16.5. The quantitative estimate of drug-likeness (QED) is 0.443. The Morgan fingerprint density at radius 1 is 1.07 bits per heavy atom. The molecule has 7 nitrogen and oxygen atoms in total. The van der Waals surface area contributed by atoms with Crippen molar-refractivity contribution in [1.29, 1.82) is 0 Å². The molecule has 0 radical (unpaired) electrons. The Bertz CT molecular complexity index is 743. The molecule has 0 saturated heterocycles. The van der Waals surface area contributed by atoms with Crippen LogP contribution in [0.5, 0.6) is 11.5 Å². The van der Waals surface area contributed by atoms with Gasteiger partial charge in [-0.05, 0) is 49.8 Å². The van der Waals surface area contributed by atoms with Crippen LogP contribution in [0.2, 0.25) is 0 Å². The van der Waals surface area contributed by atoms with E-state index in [2.05, 4.69) is 36.3 Å². The number of ether oxygens (including phenoxy) is 2. The molecule has 2 rings (SSSR count). The van der Waals surface area contributed by atoms with E-state index in [4.69, 9.17) is 18.9 Å². The van der Waals surface area contributed by atoms with E-state index in [-0.39, 0.29) is 6.04 Å². The van der Waals surface area contributed by atoms with Gasteiger partial charge >= 0.3 is 0 Å². The van der Waals surface area contributed by atoms with Crippen molar-refractivity contribution in [3.8, 4) is 11.5 Å². The number of furan rings is 1.